The third-order valence-electron chi connectivity index (χ3n) is 8.69. The average Bonchev–Trinajstić information content (AvgIpc) is 3.32. The topological polar surface area (TPSA) is 84.8 Å². The van der Waals surface area contributed by atoms with Crippen LogP contribution in [-0.4, -0.2) is 60.7 Å². The standard InChI is InChI=1S/C33H44N4O4/c1-4-17-37-22-25(28-20-26(40-3)11-12-29(28)37)21-36-18-14-33(15-19-36)13-7-8-16-34-31(38)27-9-5-6-10-30(27)41-23-24(2)35-32(33)39/h5-6,9-12,20,22,24H,4,7-8,13-19,21,23H2,1-3H3,(H,34,38)(H,35,39)/t24-/m1/s1. The zero-order valence-corrected chi connectivity index (χ0v) is 24.7. The Morgan fingerprint density at radius 3 is 2.66 bits per heavy atom. The van der Waals surface area contributed by atoms with Crippen LogP contribution in [0.1, 0.15) is 68.3 Å². The molecule has 2 aromatic carbocycles. The van der Waals surface area contributed by atoms with Crippen LogP contribution in [0.25, 0.3) is 10.9 Å². The van der Waals surface area contributed by atoms with E-state index < -0.39 is 5.41 Å². The van der Waals surface area contributed by atoms with Crippen LogP contribution in [0.2, 0.25) is 0 Å². The smallest absolute Gasteiger partial charge is 0.255 e. The Morgan fingerprint density at radius 2 is 1.88 bits per heavy atom. The van der Waals surface area contributed by atoms with Crippen LogP contribution in [0.5, 0.6) is 11.5 Å². The van der Waals surface area contributed by atoms with Gasteiger partial charge in [-0.15, -0.1) is 0 Å². The average molecular weight is 561 g/mol. The number of benzene rings is 2. The number of hydrogen-bond acceptors (Lipinski definition) is 5. The van der Waals surface area contributed by atoms with Gasteiger partial charge >= 0.3 is 0 Å². The van der Waals surface area contributed by atoms with Crippen molar-refractivity contribution in [1.29, 1.82) is 0 Å². The number of nitrogens with one attached hydrogen (secondary N) is 2. The van der Waals surface area contributed by atoms with E-state index >= 15 is 0 Å². The molecule has 0 unspecified atom stereocenters. The first-order chi connectivity index (χ1) is 19.9. The van der Waals surface area contributed by atoms with Crippen molar-refractivity contribution in [1.82, 2.24) is 20.1 Å². The largest absolute Gasteiger partial charge is 0.497 e. The molecule has 1 spiro atoms. The number of para-hydroxylation sites is 1. The molecule has 2 amide bonds. The number of ether oxygens (including phenoxy) is 2. The van der Waals surface area contributed by atoms with Crippen molar-refractivity contribution in [2.24, 2.45) is 5.41 Å². The van der Waals surface area contributed by atoms with Crippen molar-refractivity contribution in [2.45, 2.75) is 71.5 Å². The maximum Gasteiger partial charge on any atom is 0.255 e. The summed E-state index contributed by atoms with van der Waals surface area (Å²) in [4.78, 5) is 29.0. The first kappa shape index (κ1) is 29.0. The minimum Gasteiger partial charge on any atom is -0.497 e. The van der Waals surface area contributed by atoms with Gasteiger partial charge in [0.15, 0.2) is 0 Å². The number of piperidine rings is 1. The lowest BCUT2D eigenvalue weighted by molar-refractivity contribution is -0.135. The van der Waals surface area contributed by atoms with E-state index in [9.17, 15) is 9.59 Å². The molecule has 2 aliphatic heterocycles. The first-order valence-corrected chi connectivity index (χ1v) is 15.1. The van der Waals surface area contributed by atoms with Gasteiger partial charge in [0, 0.05) is 36.7 Å². The maximum absolute atomic E-state index is 13.8. The molecule has 0 bridgehead atoms. The van der Waals surface area contributed by atoms with E-state index in [2.05, 4.69) is 45.4 Å². The summed E-state index contributed by atoms with van der Waals surface area (Å²) in [6.07, 6.45) is 7.56. The summed E-state index contributed by atoms with van der Waals surface area (Å²) in [5.41, 5.74) is 2.67. The van der Waals surface area contributed by atoms with E-state index in [4.69, 9.17) is 9.47 Å². The molecule has 8 nitrogen and oxygen atoms in total. The minimum absolute atomic E-state index is 0.115. The molecule has 3 heterocycles. The Morgan fingerprint density at radius 1 is 1.07 bits per heavy atom. The third kappa shape index (κ3) is 6.53. The van der Waals surface area contributed by atoms with Crippen LogP contribution in [-0.2, 0) is 17.9 Å². The van der Waals surface area contributed by atoms with Gasteiger partial charge < -0.3 is 24.7 Å². The summed E-state index contributed by atoms with van der Waals surface area (Å²) >= 11 is 0. The van der Waals surface area contributed by atoms with Crippen molar-refractivity contribution in [3.8, 4) is 11.5 Å². The summed E-state index contributed by atoms with van der Waals surface area (Å²) in [5, 5.41) is 7.53. The van der Waals surface area contributed by atoms with E-state index in [0.717, 1.165) is 70.5 Å². The fraction of sp³-hybridized carbons (Fsp3) is 0.515. The van der Waals surface area contributed by atoms with E-state index in [0.29, 0.717) is 24.5 Å². The summed E-state index contributed by atoms with van der Waals surface area (Å²) in [6.45, 7) is 8.64. The number of methoxy groups -OCH3 is 1. The summed E-state index contributed by atoms with van der Waals surface area (Å²) in [7, 11) is 1.71. The predicted molar refractivity (Wildman–Crippen MR) is 161 cm³/mol. The van der Waals surface area contributed by atoms with Crippen LogP contribution in [0, 0.1) is 5.41 Å². The van der Waals surface area contributed by atoms with E-state index in [1.165, 1.54) is 16.5 Å². The van der Waals surface area contributed by atoms with Crippen molar-refractivity contribution in [3.63, 3.8) is 0 Å². The SMILES string of the molecule is CCCn1cc(CN2CCC3(CCCCNC(=O)c4ccccc4OC[C@@H](C)NC3=O)CC2)c2cc(OC)ccc21. The predicted octanol–water partition coefficient (Wildman–Crippen LogP) is 5.14. The highest BCUT2D eigenvalue weighted by molar-refractivity contribution is 5.96. The van der Waals surface area contributed by atoms with Crippen LogP contribution in [0.3, 0.4) is 0 Å². The molecule has 1 aromatic heterocycles. The molecule has 1 fully saturated rings. The molecule has 2 aliphatic rings. The lowest BCUT2D eigenvalue weighted by atomic mass is 9.73. The molecule has 8 heteroatoms. The molecule has 1 atom stereocenters. The number of carbonyl (C=O) groups is 2. The lowest BCUT2D eigenvalue weighted by Crippen LogP contribution is -2.51. The van der Waals surface area contributed by atoms with Crippen LogP contribution >= 0.6 is 0 Å². The second-order valence-electron chi connectivity index (χ2n) is 11.7. The highest BCUT2D eigenvalue weighted by Gasteiger charge is 2.41. The molecule has 0 saturated carbocycles. The Kier molecular flexibility index (Phi) is 9.18. The van der Waals surface area contributed by atoms with E-state index in [1.807, 2.05) is 31.2 Å². The van der Waals surface area contributed by atoms with Crippen molar-refractivity contribution in [3.05, 3.63) is 59.8 Å². The number of aryl methyl sites for hydroxylation is 1. The summed E-state index contributed by atoms with van der Waals surface area (Å²) in [6, 6.07) is 13.5. The Labute approximate surface area is 243 Å². The van der Waals surface area contributed by atoms with Gasteiger partial charge in [-0.2, -0.15) is 0 Å². The van der Waals surface area contributed by atoms with E-state index in [-0.39, 0.29) is 17.9 Å². The number of hydrogen-bond donors (Lipinski definition) is 2. The number of nitrogens with zero attached hydrogens (tertiary/aromatic N) is 2. The molecule has 2 N–H and O–H groups in total. The zero-order chi connectivity index (χ0) is 28.8. The van der Waals surface area contributed by atoms with Gasteiger partial charge in [-0.25, -0.2) is 0 Å². The Bertz CT molecular complexity index is 1360. The monoisotopic (exact) mass is 560 g/mol. The highest BCUT2D eigenvalue weighted by atomic mass is 16.5. The fourth-order valence-electron chi connectivity index (χ4n) is 6.30. The number of rotatable bonds is 5. The molecule has 1 saturated heterocycles. The second-order valence-corrected chi connectivity index (χ2v) is 11.7. The van der Waals surface area contributed by atoms with Gasteiger partial charge in [-0.1, -0.05) is 25.5 Å². The number of fused-ring (bicyclic) bond motifs is 2. The molecule has 3 aromatic rings. The molecule has 41 heavy (non-hydrogen) atoms. The molecule has 220 valence electrons. The zero-order valence-electron chi connectivity index (χ0n) is 24.7. The number of likely N-dealkylation sites (tertiary alicyclic amines) is 1. The minimum atomic E-state index is -0.407. The fourth-order valence-corrected chi connectivity index (χ4v) is 6.30. The van der Waals surface area contributed by atoms with Gasteiger partial charge in [0.2, 0.25) is 5.91 Å². The van der Waals surface area contributed by atoms with Gasteiger partial charge in [-0.3, -0.25) is 14.5 Å². The van der Waals surface area contributed by atoms with Gasteiger partial charge in [0.1, 0.15) is 18.1 Å². The quantitative estimate of drug-likeness (QED) is 0.452. The van der Waals surface area contributed by atoms with Gasteiger partial charge in [0.25, 0.3) is 5.91 Å². The van der Waals surface area contributed by atoms with Gasteiger partial charge in [0.05, 0.1) is 24.1 Å². The summed E-state index contributed by atoms with van der Waals surface area (Å²) < 4.78 is 13.9. The number of carbonyl (C=O) groups excluding carboxylic acids is 2. The molecule has 0 aliphatic carbocycles. The first-order valence-electron chi connectivity index (χ1n) is 15.1. The maximum atomic E-state index is 13.8. The molecule has 0 radical (unpaired) electrons. The summed E-state index contributed by atoms with van der Waals surface area (Å²) in [5.74, 6) is 1.44. The number of aromatic nitrogens is 1. The highest BCUT2D eigenvalue weighted by Crippen LogP contribution is 2.38. The van der Waals surface area contributed by atoms with E-state index in [1.54, 1.807) is 13.2 Å². The Hall–Kier alpha value is -3.52. The van der Waals surface area contributed by atoms with Crippen molar-refractivity contribution in [2.75, 3.05) is 33.4 Å². The normalized spacial score (nSPS) is 20.5. The lowest BCUT2D eigenvalue weighted by Gasteiger charge is -2.41. The molecule has 5 rings (SSSR count). The second kappa shape index (κ2) is 13.0. The van der Waals surface area contributed by atoms with Crippen molar-refractivity contribution < 1.29 is 19.1 Å². The Balaban J connectivity index is 1.28. The van der Waals surface area contributed by atoms with Crippen LogP contribution < -0.4 is 20.1 Å². The third-order valence-corrected chi connectivity index (χ3v) is 8.69. The van der Waals surface area contributed by atoms with Crippen LogP contribution in [0.15, 0.2) is 48.7 Å². The molecular formula is C33H44N4O4. The molecular weight excluding hydrogens is 516 g/mol. The van der Waals surface area contributed by atoms with Gasteiger partial charge in [-0.05, 0) is 88.0 Å². The number of amides is 2. The van der Waals surface area contributed by atoms with Crippen molar-refractivity contribution >= 4 is 22.7 Å². The van der Waals surface area contributed by atoms with Crippen LogP contribution in [0.4, 0.5) is 0 Å².